The van der Waals surface area contributed by atoms with E-state index < -0.39 is 0 Å². The summed E-state index contributed by atoms with van der Waals surface area (Å²) < 4.78 is 8.02. The Bertz CT molecular complexity index is 1260. The molecule has 0 atom stereocenters. The molecule has 5 heteroatoms. The smallest absolute Gasteiger partial charge is 0.137 e. The number of benzene rings is 3. The molecule has 0 saturated carbocycles. The maximum Gasteiger partial charge on any atom is 0.137 e. The van der Waals surface area contributed by atoms with Gasteiger partial charge in [-0.2, -0.15) is 5.10 Å². The van der Waals surface area contributed by atoms with Crippen molar-refractivity contribution in [1.29, 1.82) is 0 Å². The van der Waals surface area contributed by atoms with Crippen molar-refractivity contribution in [3.8, 4) is 17.1 Å². The fourth-order valence-corrected chi connectivity index (χ4v) is 3.63. The Morgan fingerprint density at radius 3 is 2.57 bits per heavy atom. The molecule has 0 unspecified atom stereocenters. The van der Waals surface area contributed by atoms with Crippen LogP contribution in [0.1, 0.15) is 25.3 Å². The molecule has 0 amide bonds. The van der Waals surface area contributed by atoms with Crippen molar-refractivity contribution >= 4 is 21.9 Å². The standard InChI is InChI=1S/C23H18N3O.Ir/c1-15(2)17-12-13-20-21(18-10-6-7-11-19(18)27-20)22(17)26-23(24-14-25-26)16-8-4-3-5-9-16;/h3-8,10-15H,1-2H3;/q-1;. The molecule has 0 spiro atoms. The molecular weight excluding hydrogens is 526 g/mol. The van der Waals surface area contributed by atoms with E-state index in [9.17, 15) is 0 Å². The van der Waals surface area contributed by atoms with Crippen LogP contribution in [0, 0.1) is 6.07 Å². The van der Waals surface area contributed by atoms with Crippen LogP contribution in [-0.4, -0.2) is 14.8 Å². The second-order valence-corrected chi connectivity index (χ2v) is 6.90. The predicted molar refractivity (Wildman–Crippen MR) is 107 cm³/mol. The van der Waals surface area contributed by atoms with Gasteiger partial charge in [-0.3, -0.25) is 9.67 Å². The predicted octanol–water partition coefficient (Wildman–Crippen LogP) is 5.75. The Balaban J connectivity index is 0.00000192. The van der Waals surface area contributed by atoms with Gasteiger partial charge in [0.25, 0.3) is 0 Å². The summed E-state index contributed by atoms with van der Waals surface area (Å²) in [5.74, 6) is 1.10. The molecular formula is C23H18IrN3O-. The van der Waals surface area contributed by atoms with Crippen LogP contribution in [0.25, 0.3) is 39.0 Å². The van der Waals surface area contributed by atoms with Crippen LogP contribution in [0.3, 0.4) is 0 Å². The van der Waals surface area contributed by atoms with Gasteiger partial charge in [0.1, 0.15) is 17.5 Å². The fraction of sp³-hybridized carbons (Fsp3) is 0.130. The molecule has 28 heavy (non-hydrogen) atoms. The average Bonchev–Trinajstić information content (AvgIpc) is 3.32. The van der Waals surface area contributed by atoms with E-state index in [0.717, 1.165) is 39.0 Å². The summed E-state index contributed by atoms with van der Waals surface area (Å²) in [6.07, 6.45) is 1.60. The van der Waals surface area contributed by atoms with E-state index in [1.807, 2.05) is 47.1 Å². The Hall–Kier alpha value is -2.75. The summed E-state index contributed by atoms with van der Waals surface area (Å²) >= 11 is 0. The van der Waals surface area contributed by atoms with Gasteiger partial charge in [0.2, 0.25) is 0 Å². The third-order valence-corrected chi connectivity index (χ3v) is 4.88. The molecule has 5 aromatic rings. The van der Waals surface area contributed by atoms with E-state index >= 15 is 0 Å². The Morgan fingerprint density at radius 2 is 1.79 bits per heavy atom. The van der Waals surface area contributed by atoms with Crippen LogP contribution in [0.2, 0.25) is 0 Å². The molecule has 1 radical (unpaired) electrons. The monoisotopic (exact) mass is 545 g/mol. The van der Waals surface area contributed by atoms with Gasteiger partial charge in [-0.15, -0.1) is 35.9 Å². The quantitative estimate of drug-likeness (QED) is 0.272. The Kier molecular flexibility index (Phi) is 4.88. The number of para-hydroxylation sites is 1. The first-order valence-electron chi connectivity index (χ1n) is 9.05. The summed E-state index contributed by atoms with van der Waals surface area (Å²) in [6.45, 7) is 4.39. The van der Waals surface area contributed by atoms with Gasteiger partial charge in [-0.1, -0.05) is 38.1 Å². The third-order valence-electron chi connectivity index (χ3n) is 4.88. The van der Waals surface area contributed by atoms with Gasteiger partial charge in [0.15, 0.2) is 0 Å². The molecule has 5 rings (SSSR count). The van der Waals surface area contributed by atoms with Crippen LogP contribution >= 0.6 is 0 Å². The average molecular weight is 545 g/mol. The molecule has 0 aliphatic rings. The summed E-state index contributed by atoms with van der Waals surface area (Å²) in [7, 11) is 0. The fourth-order valence-electron chi connectivity index (χ4n) is 3.63. The number of fused-ring (bicyclic) bond motifs is 3. The van der Waals surface area contributed by atoms with Gasteiger partial charge < -0.3 is 4.42 Å². The van der Waals surface area contributed by atoms with Crippen LogP contribution in [0.4, 0.5) is 0 Å². The summed E-state index contributed by atoms with van der Waals surface area (Å²) in [5.41, 5.74) is 4.88. The van der Waals surface area contributed by atoms with Crippen LogP contribution < -0.4 is 0 Å². The molecule has 0 aliphatic carbocycles. The minimum Gasteiger partial charge on any atom is -0.456 e. The van der Waals surface area contributed by atoms with E-state index in [2.05, 4.69) is 48.2 Å². The zero-order valence-electron chi connectivity index (χ0n) is 15.5. The molecule has 0 N–H and O–H groups in total. The maximum atomic E-state index is 6.10. The van der Waals surface area contributed by atoms with E-state index in [4.69, 9.17) is 4.42 Å². The van der Waals surface area contributed by atoms with Crippen molar-refractivity contribution in [3.05, 3.63) is 78.6 Å². The van der Waals surface area contributed by atoms with Crippen LogP contribution in [0.5, 0.6) is 0 Å². The van der Waals surface area contributed by atoms with Gasteiger partial charge in [-0.05, 0) is 23.6 Å². The number of nitrogens with zero attached hydrogens (tertiary/aromatic N) is 3. The molecule has 0 aliphatic heterocycles. The van der Waals surface area contributed by atoms with Crippen molar-refractivity contribution in [2.24, 2.45) is 0 Å². The van der Waals surface area contributed by atoms with E-state index in [1.165, 1.54) is 5.56 Å². The zero-order chi connectivity index (χ0) is 18.4. The third kappa shape index (κ3) is 2.88. The molecule has 2 heterocycles. The first kappa shape index (κ1) is 18.6. The van der Waals surface area contributed by atoms with Crippen molar-refractivity contribution in [2.45, 2.75) is 19.8 Å². The van der Waals surface area contributed by atoms with E-state index in [-0.39, 0.29) is 20.1 Å². The van der Waals surface area contributed by atoms with Crippen molar-refractivity contribution < 1.29 is 24.5 Å². The number of rotatable bonds is 3. The minimum atomic E-state index is 0. The second-order valence-electron chi connectivity index (χ2n) is 6.90. The largest absolute Gasteiger partial charge is 0.456 e. The molecule has 3 aromatic carbocycles. The van der Waals surface area contributed by atoms with E-state index in [0.29, 0.717) is 5.92 Å². The van der Waals surface area contributed by atoms with Crippen molar-refractivity contribution in [3.63, 3.8) is 0 Å². The number of hydrogen-bond donors (Lipinski definition) is 0. The number of hydrogen-bond acceptors (Lipinski definition) is 3. The van der Waals surface area contributed by atoms with Crippen molar-refractivity contribution in [2.75, 3.05) is 0 Å². The van der Waals surface area contributed by atoms with Gasteiger partial charge in [0.05, 0.1) is 16.9 Å². The SMILES string of the molecule is CC(C)c1ccc2oc3ccccc3c2c1-n1ncnc1-c1[c-]cccc1.[Ir]. The van der Waals surface area contributed by atoms with Gasteiger partial charge in [-0.25, -0.2) is 0 Å². The first-order valence-corrected chi connectivity index (χ1v) is 9.05. The molecule has 141 valence electrons. The molecule has 0 saturated heterocycles. The molecule has 4 nitrogen and oxygen atoms in total. The topological polar surface area (TPSA) is 43.9 Å². The zero-order valence-corrected chi connectivity index (χ0v) is 17.9. The summed E-state index contributed by atoms with van der Waals surface area (Å²) in [5, 5.41) is 6.74. The first-order chi connectivity index (χ1) is 13.2. The Morgan fingerprint density at radius 1 is 0.964 bits per heavy atom. The second kappa shape index (κ2) is 7.34. The minimum absolute atomic E-state index is 0. The van der Waals surface area contributed by atoms with Gasteiger partial charge >= 0.3 is 0 Å². The van der Waals surface area contributed by atoms with Gasteiger partial charge in [0, 0.05) is 25.5 Å². The Labute approximate surface area is 176 Å². The molecule has 0 fully saturated rings. The normalized spacial score (nSPS) is 11.2. The number of aromatic nitrogens is 3. The van der Waals surface area contributed by atoms with Crippen molar-refractivity contribution in [1.82, 2.24) is 14.8 Å². The van der Waals surface area contributed by atoms with Crippen LogP contribution in [0.15, 0.2) is 71.4 Å². The summed E-state index contributed by atoms with van der Waals surface area (Å²) in [4.78, 5) is 4.52. The maximum absolute atomic E-state index is 6.10. The van der Waals surface area contributed by atoms with E-state index in [1.54, 1.807) is 6.33 Å². The number of furan rings is 1. The summed E-state index contributed by atoms with van der Waals surface area (Å²) in [6, 6.07) is 23.4. The molecule has 0 bridgehead atoms. The molecule has 2 aromatic heterocycles. The van der Waals surface area contributed by atoms with Crippen LogP contribution in [-0.2, 0) is 20.1 Å².